The van der Waals surface area contributed by atoms with Gasteiger partial charge in [-0.1, -0.05) is 47.7 Å². The number of anilines is 2. The summed E-state index contributed by atoms with van der Waals surface area (Å²) in [5.41, 5.74) is 2.83. The van der Waals surface area contributed by atoms with E-state index >= 15 is 4.39 Å². The summed E-state index contributed by atoms with van der Waals surface area (Å²) in [6.45, 7) is 0. The molecule has 2 aromatic heterocycles. The highest BCUT2D eigenvalue weighted by atomic mass is 19.1. The van der Waals surface area contributed by atoms with Crippen LogP contribution in [0.4, 0.5) is 15.8 Å². The minimum Gasteiger partial charge on any atom is -0.377 e. The molecule has 5 aromatic rings. The number of fused-ring (bicyclic) bond motifs is 1. The maximum Gasteiger partial charge on any atom is 0.151 e. The molecule has 0 aliphatic heterocycles. The van der Waals surface area contributed by atoms with Crippen LogP contribution in [0.1, 0.15) is 73.1 Å². The van der Waals surface area contributed by atoms with Gasteiger partial charge in [-0.05, 0) is 54.7 Å². The fraction of sp³-hybridized carbons (Fsp3) is 0.212. The van der Waals surface area contributed by atoms with Crippen molar-refractivity contribution in [2.75, 3.05) is 10.6 Å². The number of pyridine rings is 1. The Balaban J connectivity index is 1.47. The van der Waals surface area contributed by atoms with Crippen LogP contribution in [0.2, 0.25) is 0 Å². The third-order valence-corrected chi connectivity index (χ3v) is 7.35. The van der Waals surface area contributed by atoms with E-state index in [1.807, 2.05) is 30.3 Å². The molecule has 10 heteroatoms. The first-order valence-electron chi connectivity index (χ1n) is 14.4. The second-order valence-corrected chi connectivity index (χ2v) is 10.3. The lowest BCUT2D eigenvalue weighted by Crippen LogP contribution is -2.14. The summed E-state index contributed by atoms with van der Waals surface area (Å²) < 4.78 is 27.1. The van der Waals surface area contributed by atoms with E-state index in [1.54, 1.807) is 41.2 Å². The number of hydrogen-bond donors (Lipinski definition) is 2. The van der Waals surface area contributed by atoms with E-state index in [-0.39, 0.29) is 41.0 Å². The zero-order chi connectivity index (χ0) is 30.7. The normalized spacial score (nSPS) is 14.9. The molecular weight excluding hydrogens is 541 g/mol. The van der Waals surface area contributed by atoms with Crippen molar-refractivity contribution in [3.8, 4) is 18.2 Å². The first-order valence-corrected chi connectivity index (χ1v) is 13.9. The Kier molecular flexibility index (Phi) is 7.28. The van der Waals surface area contributed by atoms with Gasteiger partial charge in [0.1, 0.15) is 17.3 Å². The standard InChI is InChI=1S/C33H26FN9/c34-28-16-25(39-32(23-9-4-6-21(14-23)17-36)30-20-43(42-41-30)26-11-12-26)15-27-31(24(18-37)19-38-33(27)28)40-29(10-5-13-35)22-7-2-1-3-8-22/h1-4,6-9,14-16,19-20,26,29,32,39H,5,10-12H2,(H,38,40)/t29?,32-/m0/s1/i32D. The lowest BCUT2D eigenvalue weighted by atomic mass is 9.99. The van der Waals surface area contributed by atoms with Gasteiger partial charge in [-0.25, -0.2) is 9.07 Å². The fourth-order valence-corrected chi connectivity index (χ4v) is 5.04. The quantitative estimate of drug-likeness (QED) is 0.190. The average Bonchev–Trinajstić information content (AvgIpc) is 3.78. The van der Waals surface area contributed by atoms with E-state index in [0.29, 0.717) is 28.6 Å². The van der Waals surface area contributed by atoms with Crippen molar-refractivity contribution in [3.63, 3.8) is 0 Å². The molecule has 210 valence electrons. The Hall–Kier alpha value is -5.79. The maximum atomic E-state index is 15.7. The van der Waals surface area contributed by atoms with Crippen molar-refractivity contribution >= 4 is 22.3 Å². The van der Waals surface area contributed by atoms with E-state index in [9.17, 15) is 17.2 Å². The molecule has 2 atom stereocenters. The van der Waals surface area contributed by atoms with Crippen molar-refractivity contribution < 1.29 is 5.76 Å². The topological polar surface area (TPSA) is 139 Å². The first-order chi connectivity index (χ1) is 21.4. The van der Waals surface area contributed by atoms with Crippen molar-refractivity contribution in [2.24, 2.45) is 0 Å². The van der Waals surface area contributed by atoms with E-state index < -0.39 is 11.8 Å². The fourth-order valence-electron chi connectivity index (χ4n) is 5.04. The predicted octanol–water partition coefficient (Wildman–Crippen LogP) is 6.70. The lowest BCUT2D eigenvalue weighted by molar-refractivity contribution is 0.610. The van der Waals surface area contributed by atoms with Crippen molar-refractivity contribution in [1.29, 1.82) is 15.8 Å². The van der Waals surface area contributed by atoms with Gasteiger partial charge in [-0.3, -0.25) is 4.98 Å². The van der Waals surface area contributed by atoms with E-state index in [2.05, 4.69) is 44.1 Å². The van der Waals surface area contributed by atoms with E-state index in [1.165, 1.54) is 12.3 Å². The molecule has 1 aliphatic carbocycles. The summed E-state index contributed by atoms with van der Waals surface area (Å²) in [5, 5.41) is 44.2. The number of hydrogen-bond acceptors (Lipinski definition) is 8. The molecular formula is C33H26FN9. The third kappa shape index (κ3) is 5.84. The summed E-state index contributed by atoms with van der Waals surface area (Å²) in [5.74, 6) is -0.652. The molecule has 0 saturated heterocycles. The number of rotatable bonds is 10. The number of halogens is 1. The lowest BCUT2D eigenvalue weighted by Gasteiger charge is -2.23. The van der Waals surface area contributed by atoms with Crippen LogP contribution in [-0.2, 0) is 0 Å². The van der Waals surface area contributed by atoms with Crippen molar-refractivity contribution in [2.45, 2.75) is 43.8 Å². The molecule has 2 N–H and O–H groups in total. The zero-order valence-corrected chi connectivity index (χ0v) is 23.0. The van der Waals surface area contributed by atoms with Crippen LogP contribution >= 0.6 is 0 Å². The van der Waals surface area contributed by atoms with Crippen LogP contribution < -0.4 is 10.6 Å². The maximum absolute atomic E-state index is 15.7. The van der Waals surface area contributed by atoms with Crippen LogP contribution in [0.25, 0.3) is 10.9 Å². The Morgan fingerprint density at radius 3 is 2.56 bits per heavy atom. The van der Waals surface area contributed by atoms with Crippen LogP contribution in [0.15, 0.2) is 79.1 Å². The molecule has 1 unspecified atom stereocenters. The molecule has 1 aliphatic rings. The van der Waals surface area contributed by atoms with Gasteiger partial charge < -0.3 is 10.6 Å². The summed E-state index contributed by atoms with van der Waals surface area (Å²) >= 11 is 0. The van der Waals surface area contributed by atoms with E-state index in [0.717, 1.165) is 18.4 Å². The highest BCUT2D eigenvalue weighted by Crippen LogP contribution is 2.37. The van der Waals surface area contributed by atoms with Crippen LogP contribution in [-0.4, -0.2) is 20.0 Å². The molecule has 0 spiro atoms. The summed E-state index contributed by atoms with van der Waals surface area (Å²) in [7, 11) is 0. The predicted molar refractivity (Wildman–Crippen MR) is 159 cm³/mol. The van der Waals surface area contributed by atoms with Gasteiger partial charge in [-0.2, -0.15) is 15.8 Å². The molecule has 43 heavy (non-hydrogen) atoms. The molecule has 0 amide bonds. The number of nitrogens with zero attached hydrogens (tertiary/aromatic N) is 7. The Morgan fingerprint density at radius 1 is 1.00 bits per heavy atom. The molecule has 2 heterocycles. The number of benzene rings is 3. The Morgan fingerprint density at radius 2 is 1.81 bits per heavy atom. The van der Waals surface area contributed by atoms with Gasteiger partial charge in [0.15, 0.2) is 5.82 Å². The monoisotopic (exact) mass is 568 g/mol. The Bertz CT molecular complexity index is 1970. The van der Waals surface area contributed by atoms with Crippen LogP contribution in [0.3, 0.4) is 0 Å². The largest absolute Gasteiger partial charge is 0.377 e. The number of aromatic nitrogens is 4. The first kappa shape index (κ1) is 26.1. The van der Waals surface area contributed by atoms with Crippen molar-refractivity contribution in [3.05, 3.63) is 113 Å². The van der Waals surface area contributed by atoms with Gasteiger partial charge in [0.25, 0.3) is 0 Å². The molecule has 6 rings (SSSR count). The SMILES string of the molecule is [2H][C@](Nc1cc(F)c2ncc(C#N)c(NC(CCC#N)c3ccccc3)c2c1)(c1cccc(C#N)c1)c1cn(C2CC2)nn1. The van der Waals surface area contributed by atoms with Gasteiger partial charge in [-0.15, -0.1) is 5.10 Å². The molecule has 3 aromatic carbocycles. The second kappa shape index (κ2) is 12.0. The molecule has 1 fully saturated rings. The highest BCUT2D eigenvalue weighted by Gasteiger charge is 2.27. The van der Waals surface area contributed by atoms with Gasteiger partial charge in [0.05, 0.1) is 54.6 Å². The van der Waals surface area contributed by atoms with E-state index in [4.69, 9.17) is 0 Å². The minimum atomic E-state index is -1.74. The summed E-state index contributed by atoms with van der Waals surface area (Å²) in [4.78, 5) is 4.23. The smallest absolute Gasteiger partial charge is 0.151 e. The number of nitriles is 3. The average molecular weight is 569 g/mol. The number of nitrogens with one attached hydrogen (secondary N) is 2. The summed E-state index contributed by atoms with van der Waals surface area (Å²) in [6.07, 6.45) is 5.70. The minimum absolute atomic E-state index is 0.0471. The molecule has 0 bridgehead atoms. The molecule has 9 nitrogen and oxygen atoms in total. The Labute approximate surface area is 249 Å². The molecule has 1 saturated carbocycles. The van der Waals surface area contributed by atoms with Crippen molar-refractivity contribution in [1.82, 2.24) is 20.0 Å². The van der Waals surface area contributed by atoms with Gasteiger partial charge >= 0.3 is 0 Å². The van der Waals surface area contributed by atoms with Gasteiger partial charge in [0.2, 0.25) is 0 Å². The zero-order valence-electron chi connectivity index (χ0n) is 24.0. The third-order valence-electron chi connectivity index (χ3n) is 7.35. The van der Waals surface area contributed by atoms with Crippen LogP contribution in [0, 0.1) is 39.8 Å². The highest BCUT2D eigenvalue weighted by molar-refractivity contribution is 5.96. The second-order valence-electron chi connectivity index (χ2n) is 10.3. The molecule has 0 radical (unpaired) electrons. The van der Waals surface area contributed by atoms with Gasteiger partial charge in [0, 0.05) is 23.7 Å². The van der Waals surface area contributed by atoms with Crippen LogP contribution in [0.5, 0.6) is 0 Å². The summed E-state index contributed by atoms with van der Waals surface area (Å²) in [6, 6.07) is 23.6.